The second kappa shape index (κ2) is 6.10. The summed E-state index contributed by atoms with van der Waals surface area (Å²) >= 11 is 0. The van der Waals surface area contributed by atoms with Crippen LogP contribution in [0, 0.1) is 0 Å². The Balaban J connectivity index is 2.47. The van der Waals surface area contributed by atoms with Gasteiger partial charge in [0, 0.05) is 6.26 Å². The van der Waals surface area contributed by atoms with Gasteiger partial charge in [-0.15, -0.1) is 0 Å². The highest BCUT2D eigenvalue weighted by molar-refractivity contribution is 7.90. The summed E-state index contributed by atoms with van der Waals surface area (Å²) in [5.74, 6) is -1.92. The monoisotopic (exact) mass is 304 g/mol. The Morgan fingerprint density at radius 1 is 1.05 bits per heavy atom. The topological polar surface area (TPSA) is 71.4 Å². The van der Waals surface area contributed by atoms with Gasteiger partial charge >= 0.3 is 5.97 Å². The molecule has 0 aliphatic rings. The van der Waals surface area contributed by atoms with Crippen molar-refractivity contribution in [1.82, 2.24) is 0 Å². The highest BCUT2D eigenvalue weighted by atomic mass is 32.2. The van der Waals surface area contributed by atoms with Gasteiger partial charge in [0.05, 0.1) is 10.8 Å². The Kier molecular flexibility index (Phi) is 4.43. The standard InChI is InChI=1S/C16H16O4S/c1-21(19,20)15-10-6-5-9-13(15)14(16(17)18)11-12-7-3-2-4-8-12/h2-10,14H,11H2,1H3,(H,17,18). The van der Waals surface area contributed by atoms with Crippen LogP contribution in [0.15, 0.2) is 59.5 Å². The molecule has 1 atom stereocenters. The zero-order valence-corrected chi connectivity index (χ0v) is 12.4. The number of sulfone groups is 1. The third kappa shape index (κ3) is 3.70. The summed E-state index contributed by atoms with van der Waals surface area (Å²) in [5, 5.41) is 9.48. The maximum Gasteiger partial charge on any atom is 0.311 e. The van der Waals surface area contributed by atoms with Crippen LogP contribution in [0.1, 0.15) is 17.0 Å². The van der Waals surface area contributed by atoms with Gasteiger partial charge in [-0.1, -0.05) is 48.5 Å². The first-order chi connectivity index (χ1) is 9.89. The largest absolute Gasteiger partial charge is 0.481 e. The number of carbonyl (C=O) groups is 1. The van der Waals surface area contributed by atoms with Crippen molar-refractivity contribution in [3.05, 3.63) is 65.7 Å². The van der Waals surface area contributed by atoms with E-state index in [0.717, 1.165) is 11.8 Å². The molecule has 0 radical (unpaired) electrons. The van der Waals surface area contributed by atoms with Gasteiger partial charge in [-0.2, -0.15) is 0 Å². The van der Waals surface area contributed by atoms with Crippen molar-refractivity contribution in [2.24, 2.45) is 0 Å². The molecular formula is C16H16O4S. The van der Waals surface area contributed by atoms with Gasteiger partial charge in [-0.3, -0.25) is 4.79 Å². The van der Waals surface area contributed by atoms with Crippen LogP contribution in [-0.4, -0.2) is 25.7 Å². The van der Waals surface area contributed by atoms with Crippen molar-refractivity contribution >= 4 is 15.8 Å². The number of hydrogen-bond acceptors (Lipinski definition) is 3. The third-order valence-corrected chi connectivity index (χ3v) is 4.45. The van der Waals surface area contributed by atoms with E-state index in [-0.39, 0.29) is 11.3 Å². The van der Waals surface area contributed by atoms with Crippen LogP contribution < -0.4 is 0 Å². The average molecular weight is 304 g/mol. The van der Waals surface area contributed by atoms with E-state index in [1.165, 1.54) is 6.07 Å². The van der Waals surface area contributed by atoms with E-state index in [0.29, 0.717) is 5.56 Å². The molecule has 0 aliphatic heterocycles. The second-order valence-electron chi connectivity index (χ2n) is 4.89. The van der Waals surface area contributed by atoms with Crippen LogP contribution in [0.3, 0.4) is 0 Å². The molecule has 2 aromatic carbocycles. The van der Waals surface area contributed by atoms with Crippen LogP contribution >= 0.6 is 0 Å². The van der Waals surface area contributed by atoms with Gasteiger partial charge in [-0.25, -0.2) is 8.42 Å². The molecule has 0 heterocycles. The summed E-state index contributed by atoms with van der Waals surface area (Å²) in [5.41, 5.74) is 1.18. The number of hydrogen-bond donors (Lipinski definition) is 1. The fourth-order valence-electron chi connectivity index (χ4n) is 2.29. The van der Waals surface area contributed by atoms with Gasteiger partial charge in [-0.05, 0) is 23.6 Å². The van der Waals surface area contributed by atoms with Gasteiger partial charge in [0.1, 0.15) is 0 Å². The first kappa shape index (κ1) is 15.3. The molecule has 110 valence electrons. The second-order valence-corrected chi connectivity index (χ2v) is 6.87. The molecule has 0 amide bonds. The minimum Gasteiger partial charge on any atom is -0.481 e. The summed E-state index contributed by atoms with van der Waals surface area (Å²) in [6.07, 6.45) is 1.34. The normalized spacial score (nSPS) is 12.8. The third-order valence-electron chi connectivity index (χ3n) is 3.27. The molecule has 1 unspecified atom stereocenters. The molecule has 0 saturated heterocycles. The molecule has 2 aromatic rings. The molecule has 5 heteroatoms. The lowest BCUT2D eigenvalue weighted by Crippen LogP contribution is -2.17. The lowest BCUT2D eigenvalue weighted by Gasteiger charge is -2.16. The van der Waals surface area contributed by atoms with Crippen LogP contribution in [0.5, 0.6) is 0 Å². The molecule has 0 aromatic heterocycles. The van der Waals surface area contributed by atoms with Crippen molar-refractivity contribution in [2.75, 3.05) is 6.26 Å². The predicted octanol–water partition coefficient (Wildman–Crippen LogP) is 2.50. The van der Waals surface area contributed by atoms with Gasteiger partial charge in [0.15, 0.2) is 9.84 Å². The Morgan fingerprint density at radius 3 is 2.19 bits per heavy atom. The van der Waals surface area contributed by atoms with Gasteiger partial charge < -0.3 is 5.11 Å². The number of rotatable bonds is 5. The van der Waals surface area contributed by atoms with Crippen molar-refractivity contribution in [3.8, 4) is 0 Å². The maximum absolute atomic E-state index is 11.8. The highest BCUT2D eigenvalue weighted by Gasteiger charge is 2.26. The molecular weight excluding hydrogens is 288 g/mol. The zero-order valence-electron chi connectivity index (χ0n) is 11.6. The number of benzene rings is 2. The van der Waals surface area contributed by atoms with E-state index in [1.54, 1.807) is 18.2 Å². The van der Waals surface area contributed by atoms with E-state index in [1.807, 2.05) is 30.3 Å². The lowest BCUT2D eigenvalue weighted by molar-refractivity contribution is -0.138. The predicted molar refractivity (Wildman–Crippen MR) is 80.1 cm³/mol. The number of aliphatic carboxylic acids is 1. The Labute approximate surface area is 124 Å². The summed E-state index contributed by atoms with van der Waals surface area (Å²) < 4.78 is 23.7. The average Bonchev–Trinajstić information content (AvgIpc) is 2.45. The van der Waals surface area contributed by atoms with Crippen LogP contribution in [-0.2, 0) is 21.1 Å². The summed E-state index contributed by atoms with van der Waals surface area (Å²) in [7, 11) is -3.47. The Bertz CT molecular complexity index is 736. The molecule has 21 heavy (non-hydrogen) atoms. The minimum atomic E-state index is -3.47. The van der Waals surface area contributed by atoms with Crippen molar-refractivity contribution in [1.29, 1.82) is 0 Å². The number of carboxylic acid groups (broad SMARTS) is 1. The summed E-state index contributed by atoms with van der Waals surface area (Å²) in [4.78, 5) is 11.7. The fourth-order valence-corrected chi connectivity index (χ4v) is 3.25. The molecule has 0 fully saturated rings. The first-order valence-corrected chi connectivity index (χ1v) is 8.34. The maximum atomic E-state index is 11.8. The molecule has 2 rings (SSSR count). The zero-order chi connectivity index (χ0) is 15.5. The molecule has 4 nitrogen and oxygen atoms in total. The van der Waals surface area contributed by atoms with Crippen LogP contribution in [0.2, 0.25) is 0 Å². The first-order valence-electron chi connectivity index (χ1n) is 6.45. The van der Waals surface area contributed by atoms with E-state index in [9.17, 15) is 18.3 Å². The Morgan fingerprint density at radius 2 is 1.62 bits per heavy atom. The van der Waals surface area contributed by atoms with E-state index in [2.05, 4.69) is 0 Å². The fraction of sp³-hybridized carbons (Fsp3) is 0.188. The molecule has 1 N–H and O–H groups in total. The van der Waals surface area contributed by atoms with Crippen LogP contribution in [0.4, 0.5) is 0 Å². The molecule has 0 bridgehead atoms. The van der Waals surface area contributed by atoms with Crippen molar-refractivity contribution in [2.45, 2.75) is 17.2 Å². The smallest absolute Gasteiger partial charge is 0.311 e. The van der Waals surface area contributed by atoms with E-state index in [4.69, 9.17) is 0 Å². The molecule has 0 spiro atoms. The summed E-state index contributed by atoms with van der Waals surface area (Å²) in [6, 6.07) is 15.4. The SMILES string of the molecule is CS(=O)(=O)c1ccccc1C(Cc1ccccc1)C(=O)O. The van der Waals surface area contributed by atoms with E-state index < -0.39 is 21.7 Å². The van der Waals surface area contributed by atoms with Crippen LogP contribution in [0.25, 0.3) is 0 Å². The van der Waals surface area contributed by atoms with Gasteiger partial charge in [0.2, 0.25) is 0 Å². The van der Waals surface area contributed by atoms with Gasteiger partial charge in [0.25, 0.3) is 0 Å². The number of carboxylic acids is 1. The quantitative estimate of drug-likeness (QED) is 0.921. The van der Waals surface area contributed by atoms with E-state index >= 15 is 0 Å². The summed E-state index contributed by atoms with van der Waals surface area (Å²) in [6.45, 7) is 0. The molecule has 0 saturated carbocycles. The highest BCUT2D eigenvalue weighted by Crippen LogP contribution is 2.27. The Hall–Kier alpha value is -2.14. The molecule has 0 aliphatic carbocycles. The van der Waals surface area contributed by atoms with Crippen molar-refractivity contribution < 1.29 is 18.3 Å². The lowest BCUT2D eigenvalue weighted by atomic mass is 9.92. The minimum absolute atomic E-state index is 0.0772. The van der Waals surface area contributed by atoms with Crippen molar-refractivity contribution in [3.63, 3.8) is 0 Å².